The number of anilines is 1. The van der Waals surface area contributed by atoms with Crippen molar-refractivity contribution in [1.29, 1.82) is 0 Å². The molecule has 2 aromatic carbocycles. The molecule has 1 aliphatic carbocycles. The molecule has 1 spiro atoms. The molecule has 1 unspecified atom stereocenters. The molecule has 44 heavy (non-hydrogen) atoms. The number of benzene rings is 2. The van der Waals surface area contributed by atoms with Crippen LogP contribution in [0.15, 0.2) is 63.5 Å². The van der Waals surface area contributed by atoms with Gasteiger partial charge >= 0.3 is 5.69 Å². The fourth-order valence-electron chi connectivity index (χ4n) is 6.80. The Morgan fingerprint density at radius 2 is 1.77 bits per heavy atom. The molecule has 2 aliphatic heterocycles. The molecular formula is C32H27ClN4O7. The third-order valence-electron chi connectivity index (χ3n) is 9.04. The number of ether oxygens (including phenoxy) is 3. The van der Waals surface area contributed by atoms with Gasteiger partial charge in [-0.3, -0.25) is 28.5 Å². The molecular weight excluding hydrogens is 588 g/mol. The fraction of sp³-hybridized carbons (Fsp3) is 0.281. The van der Waals surface area contributed by atoms with Gasteiger partial charge in [-0.2, -0.15) is 0 Å². The highest BCUT2D eigenvalue weighted by Crippen LogP contribution is 2.56. The number of nitrogens with zero attached hydrogens (tertiary/aromatic N) is 3. The number of aromatic nitrogens is 3. The van der Waals surface area contributed by atoms with Gasteiger partial charge in [0.05, 0.1) is 25.3 Å². The summed E-state index contributed by atoms with van der Waals surface area (Å²) in [6, 6.07) is 10.7. The van der Waals surface area contributed by atoms with E-state index in [2.05, 4.69) is 10.3 Å². The van der Waals surface area contributed by atoms with Crippen LogP contribution in [0.1, 0.15) is 40.7 Å². The third-order valence-corrected chi connectivity index (χ3v) is 9.39. The Kier molecular flexibility index (Phi) is 6.06. The molecule has 0 fully saturated rings. The summed E-state index contributed by atoms with van der Waals surface area (Å²) in [6.45, 7) is 1.75. The average Bonchev–Trinajstić information content (AvgIpc) is 3.35. The molecule has 224 valence electrons. The number of nitrogens with one attached hydrogen (secondary N) is 1. The molecule has 0 radical (unpaired) electrons. The number of hydrogen-bond donors (Lipinski definition) is 1. The second-order valence-electron chi connectivity index (χ2n) is 11.3. The van der Waals surface area contributed by atoms with Crippen LogP contribution in [0.5, 0.6) is 17.2 Å². The summed E-state index contributed by atoms with van der Waals surface area (Å²) >= 11 is 6.63. The molecule has 12 heteroatoms. The van der Waals surface area contributed by atoms with Crippen molar-refractivity contribution in [3.05, 3.63) is 96.4 Å². The quantitative estimate of drug-likeness (QED) is 0.343. The first-order valence-corrected chi connectivity index (χ1v) is 14.3. The Balaban J connectivity index is 1.49. The minimum atomic E-state index is -1.98. The number of allylic oxidation sites excluding steroid dienone is 1. The first-order chi connectivity index (χ1) is 21.0. The van der Waals surface area contributed by atoms with Gasteiger partial charge in [-0.15, -0.1) is 0 Å². The van der Waals surface area contributed by atoms with E-state index in [9.17, 15) is 19.2 Å². The highest BCUT2D eigenvalue weighted by molar-refractivity contribution is 6.36. The molecule has 11 nitrogen and oxygen atoms in total. The van der Waals surface area contributed by atoms with Crippen molar-refractivity contribution >= 4 is 39.9 Å². The molecule has 0 amide bonds. The lowest BCUT2D eigenvalue weighted by molar-refractivity contribution is -0.130. The van der Waals surface area contributed by atoms with E-state index < -0.39 is 40.3 Å². The zero-order chi connectivity index (χ0) is 31.2. The maximum absolute atomic E-state index is 15.0. The number of hydrogen-bond acceptors (Lipinski definition) is 9. The molecule has 4 aromatic rings. The number of pyridine rings is 1. The maximum Gasteiger partial charge on any atom is 0.332 e. The number of methoxy groups -OCH3 is 2. The Morgan fingerprint density at radius 3 is 2.50 bits per heavy atom. The molecule has 7 rings (SSSR count). The third kappa shape index (κ3) is 3.47. The molecule has 2 aromatic heterocycles. The van der Waals surface area contributed by atoms with Crippen LogP contribution in [0.25, 0.3) is 10.9 Å². The minimum absolute atomic E-state index is 0.00734. The Bertz CT molecular complexity index is 2130. The van der Waals surface area contributed by atoms with Crippen LogP contribution in [0.4, 0.5) is 5.82 Å². The van der Waals surface area contributed by atoms with E-state index in [-0.39, 0.29) is 45.4 Å². The number of fused-ring (bicyclic) bond motifs is 3. The molecule has 4 heterocycles. The van der Waals surface area contributed by atoms with Crippen molar-refractivity contribution in [2.45, 2.75) is 24.9 Å². The van der Waals surface area contributed by atoms with Gasteiger partial charge in [0.25, 0.3) is 5.56 Å². The van der Waals surface area contributed by atoms with Crippen LogP contribution in [-0.4, -0.2) is 45.5 Å². The maximum atomic E-state index is 15.0. The van der Waals surface area contributed by atoms with Gasteiger partial charge in [0.2, 0.25) is 17.2 Å². The van der Waals surface area contributed by atoms with E-state index in [0.717, 1.165) is 15.5 Å². The van der Waals surface area contributed by atoms with E-state index >= 15 is 0 Å². The first kappa shape index (κ1) is 27.9. The van der Waals surface area contributed by atoms with Gasteiger partial charge in [-0.1, -0.05) is 30.7 Å². The molecule has 0 saturated heterocycles. The Hall–Kier alpha value is -4.90. The predicted octanol–water partition coefficient (Wildman–Crippen LogP) is 3.74. The van der Waals surface area contributed by atoms with E-state index in [0.29, 0.717) is 17.1 Å². The fourth-order valence-corrected chi connectivity index (χ4v) is 7.06. The molecule has 0 saturated carbocycles. The van der Waals surface area contributed by atoms with Gasteiger partial charge in [0.15, 0.2) is 5.75 Å². The molecule has 0 bridgehead atoms. The molecule has 1 N–H and O–H groups in total. The number of Topliss-reactive ketones (excluding diaryl/α,β-unsaturated/α-hetero) is 2. The second-order valence-corrected chi connectivity index (χ2v) is 11.7. The Labute approximate surface area is 255 Å². The summed E-state index contributed by atoms with van der Waals surface area (Å²) in [5.74, 6) is -2.10. The molecule has 3 aliphatic rings. The van der Waals surface area contributed by atoms with Gasteiger partial charge < -0.3 is 19.5 Å². The van der Waals surface area contributed by atoms with E-state index in [1.54, 1.807) is 32.3 Å². The summed E-state index contributed by atoms with van der Waals surface area (Å²) in [6.07, 6.45) is 1.88. The van der Waals surface area contributed by atoms with Crippen LogP contribution in [-0.2, 0) is 18.9 Å². The minimum Gasteiger partial charge on any atom is -0.496 e. The van der Waals surface area contributed by atoms with Gasteiger partial charge in [0.1, 0.15) is 27.9 Å². The summed E-state index contributed by atoms with van der Waals surface area (Å²) in [7, 11) is 5.79. The van der Waals surface area contributed by atoms with Crippen molar-refractivity contribution in [1.82, 2.24) is 14.1 Å². The number of carbonyl (C=O) groups is 2. The topological polar surface area (TPSA) is 131 Å². The smallest absolute Gasteiger partial charge is 0.332 e. The monoisotopic (exact) mass is 614 g/mol. The number of rotatable bonds is 3. The van der Waals surface area contributed by atoms with Crippen LogP contribution >= 0.6 is 11.6 Å². The van der Waals surface area contributed by atoms with Gasteiger partial charge in [-0.05, 0) is 30.2 Å². The normalized spacial score (nSPS) is 22.0. The zero-order valence-corrected chi connectivity index (χ0v) is 25.2. The van der Waals surface area contributed by atoms with Crippen LogP contribution in [0.3, 0.4) is 0 Å². The summed E-state index contributed by atoms with van der Waals surface area (Å²) in [4.78, 5) is 60.6. The lowest BCUT2D eigenvalue weighted by Gasteiger charge is -2.42. The first-order valence-electron chi connectivity index (χ1n) is 13.9. The zero-order valence-electron chi connectivity index (χ0n) is 24.5. The van der Waals surface area contributed by atoms with Crippen molar-refractivity contribution < 1.29 is 23.8 Å². The van der Waals surface area contributed by atoms with Crippen LogP contribution < -0.4 is 30.8 Å². The number of ketones is 2. The second kappa shape index (κ2) is 9.55. The largest absolute Gasteiger partial charge is 0.496 e. The van der Waals surface area contributed by atoms with Crippen LogP contribution in [0.2, 0.25) is 5.02 Å². The van der Waals surface area contributed by atoms with Gasteiger partial charge in [0, 0.05) is 54.9 Å². The lowest BCUT2D eigenvalue weighted by atomic mass is 9.66. The number of halogens is 1. The highest BCUT2D eigenvalue weighted by atomic mass is 35.5. The lowest BCUT2D eigenvalue weighted by Crippen LogP contribution is -2.58. The van der Waals surface area contributed by atoms with Crippen molar-refractivity contribution in [3.8, 4) is 17.2 Å². The van der Waals surface area contributed by atoms with E-state index in [1.807, 2.05) is 18.2 Å². The van der Waals surface area contributed by atoms with Crippen molar-refractivity contribution in [2.75, 3.05) is 19.5 Å². The highest BCUT2D eigenvalue weighted by Gasteiger charge is 2.63. The summed E-state index contributed by atoms with van der Waals surface area (Å²) in [5.41, 5.74) is -0.738. The van der Waals surface area contributed by atoms with Crippen molar-refractivity contribution in [3.63, 3.8) is 0 Å². The van der Waals surface area contributed by atoms with E-state index in [1.165, 1.54) is 31.9 Å². The SMILES string of the molecule is COc1cc(OC)c2c(c1Cl)O[C@@]1(C(=O)C3=C(C[C@H]1C)Nc1c(c(=O)n(C)c(=O)n1C)C3c1ccc3ncccc3c1)C2=O. The number of carbonyl (C=O) groups excluding carboxylic acids is 2. The molecule has 3 atom stereocenters. The standard InChI is InChI=1S/C32H27ClN4O7/c1-14-11-18-22(27(38)32(14)28(39)23-19(42-4)13-20(43-5)25(33)26(23)44-32)21(16-8-9-17-15(12-16)7-6-10-34-17)24-29(35-18)36(2)31(41)37(3)30(24)40/h6-10,12-14,21,35H,11H2,1-5H3/t14-,21?,32+/m1/s1. The van der Waals surface area contributed by atoms with E-state index in [4.69, 9.17) is 25.8 Å². The van der Waals surface area contributed by atoms with Gasteiger partial charge in [-0.25, -0.2) is 4.79 Å². The average molecular weight is 615 g/mol. The summed E-state index contributed by atoms with van der Waals surface area (Å²) < 4.78 is 19.6. The van der Waals surface area contributed by atoms with Crippen LogP contribution in [0, 0.1) is 5.92 Å². The Morgan fingerprint density at radius 1 is 1.02 bits per heavy atom. The predicted molar refractivity (Wildman–Crippen MR) is 162 cm³/mol. The summed E-state index contributed by atoms with van der Waals surface area (Å²) in [5, 5.41) is 4.07. The van der Waals surface area contributed by atoms with Crippen molar-refractivity contribution in [2.24, 2.45) is 20.0 Å².